The molecule has 1 heterocycles. The van der Waals surface area contributed by atoms with E-state index in [-0.39, 0.29) is 6.03 Å². The largest absolute Gasteiger partial charge is 0.341 e. The molecule has 1 aliphatic rings. The van der Waals surface area contributed by atoms with Crippen molar-refractivity contribution in [2.75, 3.05) is 19.7 Å². The highest BCUT2D eigenvalue weighted by Crippen LogP contribution is 2.05. The van der Waals surface area contributed by atoms with Gasteiger partial charge >= 0.3 is 6.03 Å². The number of nitrogens with one attached hydrogen (secondary N) is 1. The van der Waals surface area contributed by atoms with Crippen molar-refractivity contribution in [3.63, 3.8) is 0 Å². The molecule has 0 unspecified atom stereocenters. The SMILES string of the molecule is CCCNC(=O)N1CCCCO1. The van der Waals surface area contributed by atoms with Crippen LogP contribution in [-0.4, -0.2) is 30.8 Å². The summed E-state index contributed by atoms with van der Waals surface area (Å²) in [6.07, 6.45) is 3.05. The lowest BCUT2D eigenvalue weighted by atomic mass is 10.3. The number of amides is 2. The predicted octanol–water partition coefficient (Wildman–Crippen LogP) is 1.13. The summed E-state index contributed by atoms with van der Waals surface area (Å²) in [4.78, 5) is 16.4. The van der Waals surface area contributed by atoms with E-state index in [1.165, 1.54) is 5.06 Å². The summed E-state index contributed by atoms with van der Waals surface area (Å²) in [5, 5.41) is 4.18. The minimum absolute atomic E-state index is 0.100. The molecular weight excluding hydrogens is 156 g/mol. The van der Waals surface area contributed by atoms with Gasteiger partial charge in [-0.3, -0.25) is 4.84 Å². The third kappa shape index (κ3) is 2.70. The van der Waals surface area contributed by atoms with Gasteiger partial charge in [0.05, 0.1) is 13.2 Å². The van der Waals surface area contributed by atoms with E-state index in [1.54, 1.807) is 0 Å². The van der Waals surface area contributed by atoms with Gasteiger partial charge in [-0.25, -0.2) is 9.86 Å². The van der Waals surface area contributed by atoms with Gasteiger partial charge in [-0.1, -0.05) is 6.92 Å². The van der Waals surface area contributed by atoms with E-state index >= 15 is 0 Å². The van der Waals surface area contributed by atoms with Crippen LogP contribution in [0.4, 0.5) is 4.79 Å². The number of nitrogens with zero attached hydrogens (tertiary/aromatic N) is 1. The monoisotopic (exact) mass is 172 g/mol. The van der Waals surface area contributed by atoms with Gasteiger partial charge in [0.25, 0.3) is 0 Å². The van der Waals surface area contributed by atoms with Gasteiger partial charge in [0.1, 0.15) is 0 Å². The first kappa shape index (κ1) is 9.32. The van der Waals surface area contributed by atoms with Crippen LogP contribution in [0.15, 0.2) is 0 Å². The Morgan fingerprint density at radius 1 is 1.58 bits per heavy atom. The van der Waals surface area contributed by atoms with Crippen molar-refractivity contribution in [3.8, 4) is 0 Å². The smallest absolute Gasteiger partial charge is 0.336 e. The van der Waals surface area contributed by atoms with Crippen molar-refractivity contribution in [3.05, 3.63) is 0 Å². The second-order valence-electron chi connectivity index (χ2n) is 2.87. The molecule has 0 aromatic carbocycles. The van der Waals surface area contributed by atoms with Gasteiger partial charge in [0, 0.05) is 6.54 Å². The van der Waals surface area contributed by atoms with Crippen LogP contribution in [0.25, 0.3) is 0 Å². The summed E-state index contributed by atoms with van der Waals surface area (Å²) in [7, 11) is 0. The van der Waals surface area contributed by atoms with Gasteiger partial charge in [0.15, 0.2) is 0 Å². The summed E-state index contributed by atoms with van der Waals surface area (Å²) in [6.45, 7) is 4.13. The fourth-order valence-corrected chi connectivity index (χ4v) is 1.08. The summed E-state index contributed by atoms with van der Waals surface area (Å²) in [6, 6.07) is -0.100. The summed E-state index contributed by atoms with van der Waals surface area (Å²) < 4.78 is 0. The number of hydroxylamine groups is 2. The van der Waals surface area contributed by atoms with E-state index in [1.807, 2.05) is 6.92 Å². The summed E-state index contributed by atoms with van der Waals surface area (Å²) in [5.41, 5.74) is 0. The van der Waals surface area contributed by atoms with Crippen molar-refractivity contribution >= 4 is 6.03 Å². The Bertz CT molecular complexity index is 144. The highest BCUT2D eigenvalue weighted by Gasteiger charge is 2.16. The second kappa shape index (κ2) is 4.98. The number of hydrogen-bond donors (Lipinski definition) is 1. The third-order valence-corrected chi connectivity index (χ3v) is 1.76. The summed E-state index contributed by atoms with van der Waals surface area (Å²) >= 11 is 0. The van der Waals surface area contributed by atoms with Crippen molar-refractivity contribution < 1.29 is 9.63 Å². The predicted molar refractivity (Wildman–Crippen MR) is 45.6 cm³/mol. The molecule has 2 amide bonds. The van der Waals surface area contributed by atoms with Crippen LogP contribution in [0.1, 0.15) is 26.2 Å². The Balaban J connectivity index is 2.20. The molecule has 0 aliphatic carbocycles. The van der Waals surface area contributed by atoms with Crippen LogP contribution >= 0.6 is 0 Å². The molecule has 4 nitrogen and oxygen atoms in total. The molecular formula is C8H16N2O2. The van der Waals surface area contributed by atoms with Crippen LogP contribution in [0.3, 0.4) is 0 Å². The average Bonchev–Trinajstić information content (AvgIpc) is 2.15. The molecule has 1 aliphatic heterocycles. The van der Waals surface area contributed by atoms with E-state index in [9.17, 15) is 4.79 Å². The molecule has 0 atom stereocenters. The lowest BCUT2D eigenvalue weighted by Crippen LogP contribution is -2.42. The number of carbonyl (C=O) groups excluding carboxylic acids is 1. The van der Waals surface area contributed by atoms with Gasteiger partial charge in [-0.05, 0) is 19.3 Å². The molecule has 1 saturated heterocycles. The molecule has 1 fully saturated rings. The first-order valence-electron chi connectivity index (χ1n) is 4.53. The molecule has 1 rings (SSSR count). The lowest BCUT2D eigenvalue weighted by Gasteiger charge is -2.25. The molecule has 1 N–H and O–H groups in total. The maximum Gasteiger partial charge on any atom is 0.341 e. The number of urea groups is 1. The third-order valence-electron chi connectivity index (χ3n) is 1.76. The topological polar surface area (TPSA) is 41.6 Å². The van der Waals surface area contributed by atoms with Crippen LogP contribution < -0.4 is 5.32 Å². The Labute approximate surface area is 72.8 Å². The van der Waals surface area contributed by atoms with Gasteiger partial charge in [-0.15, -0.1) is 0 Å². The normalized spacial score (nSPS) is 17.6. The minimum atomic E-state index is -0.100. The van der Waals surface area contributed by atoms with Crippen molar-refractivity contribution in [2.45, 2.75) is 26.2 Å². The Hall–Kier alpha value is -0.770. The van der Waals surface area contributed by atoms with Gasteiger partial charge in [-0.2, -0.15) is 0 Å². The van der Waals surface area contributed by atoms with Crippen LogP contribution in [0.5, 0.6) is 0 Å². The molecule has 0 radical (unpaired) electrons. The molecule has 0 aromatic heterocycles. The van der Waals surface area contributed by atoms with Crippen molar-refractivity contribution in [2.24, 2.45) is 0 Å². The number of rotatable bonds is 2. The molecule has 12 heavy (non-hydrogen) atoms. The maximum atomic E-state index is 11.2. The number of carbonyl (C=O) groups is 1. The van der Waals surface area contributed by atoms with Crippen LogP contribution in [0.2, 0.25) is 0 Å². The molecule has 0 bridgehead atoms. The first-order chi connectivity index (χ1) is 5.84. The van der Waals surface area contributed by atoms with Crippen molar-refractivity contribution in [1.29, 1.82) is 0 Å². The van der Waals surface area contributed by atoms with E-state index < -0.39 is 0 Å². The quantitative estimate of drug-likeness (QED) is 0.678. The highest BCUT2D eigenvalue weighted by molar-refractivity contribution is 5.72. The van der Waals surface area contributed by atoms with Crippen molar-refractivity contribution in [1.82, 2.24) is 10.4 Å². The van der Waals surface area contributed by atoms with Crippen LogP contribution in [0, 0.1) is 0 Å². The Morgan fingerprint density at radius 2 is 2.42 bits per heavy atom. The zero-order valence-corrected chi connectivity index (χ0v) is 7.51. The van der Waals surface area contributed by atoms with Gasteiger partial charge in [0.2, 0.25) is 0 Å². The van der Waals surface area contributed by atoms with E-state index in [2.05, 4.69) is 5.32 Å². The standard InChI is InChI=1S/C8H16N2O2/c1-2-5-9-8(11)10-6-3-4-7-12-10/h2-7H2,1H3,(H,9,11). The van der Waals surface area contributed by atoms with Crippen LogP contribution in [-0.2, 0) is 4.84 Å². The Morgan fingerprint density at radius 3 is 3.00 bits per heavy atom. The molecule has 70 valence electrons. The van der Waals surface area contributed by atoms with Gasteiger partial charge < -0.3 is 5.32 Å². The molecule has 0 aromatic rings. The minimum Gasteiger partial charge on any atom is -0.336 e. The Kier molecular flexibility index (Phi) is 3.87. The fraction of sp³-hybridized carbons (Fsp3) is 0.875. The van der Waals surface area contributed by atoms with E-state index in [4.69, 9.17) is 4.84 Å². The molecule has 0 spiro atoms. The molecule has 4 heteroatoms. The second-order valence-corrected chi connectivity index (χ2v) is 2.87. The fourth-order valence-electron chi connectivity index (χ4n) is 1.08. The zero-order valence-electron chi connectivity index (χ0n) is 7.51. The highest BCUT2D eigenvalue weighted by atomic mass is 16.7. The molecule has 0 saturated carbocycles. The van der Waals surface area contributed by atoms with E-state index in [0.717, 1.165) is 32.4 Å². The zero-order chi connectivity index (χ0) is 8.81. The number of hydrogen-bond acceptors (Lipinski definition) is 2. The first-order valence-corrected chi connectivity index (χ1v) is 4.53. The lowest BCUT2D eigenvalue weighted by molar-refractivity contribution is -0.139. The van der Waals surface area contributed by atoms with E-state index in [0.29, 0.717) is 6.61 Å². The average molecular weight is 172 g/mol. The summed E-state index contributed by atoms with van der Waals surface area (Å²) in [5.74, 6) is 0. The maximum absolute atomic E-state index is 11.2.